The largest absolute Gasteiger partial charge is 0.444 e. The van der Waals surface area contributed by atoms with Crippen molar-refractivity contribution in [2.45, 2.75) is 77.0 Å². The molecule has 1 saturated carbocycles. The van der Waals surface area contributed by atoms with E-state index in [2.05, 4.69) is 12.2 Å². The zero-order valence-electron chi connectivity index (χ0n) is 15.2. The predicted molar refractivity (Wildman–Crippen MR) is 91.0 cm³/mol. The number of hydrogen-bond donors (Lipinski definition) is 2. The Morgan fingerprint density at radius 2 is 1.96 bits per heavy atom. The van der Waals surface area contributed by atoms with Crippen LogP contribution in [0.5, 0.6) is 0 Å². The molecule has 6 nitrogen and oxygen atoms in total. The summed E-state index contributed by atoms with van der Waals surface area (Å²) in [6, 6.07) is -0.348. The first-order valence-electron chi connectivity index (χ1n) is 8.62. The molecule has 0 radical (unpaired) electrons. The Morgan fingerprint density at radius 1 is 1.30 bits per heavy atom. The molecule has 0 aromatic heterocycles. The van der Waals surface area contributed by atoms with E-state index < -0.39 is 11.7 Å². The average molecular weight is 327 g/mol. The Morgan fingerprint density at radius 3 is 2.48 bits per heavy atom. The lowest BCUT2D eigenvalue weighted by Crippen LogP contribution is -2.53. The van der Waals surface area contributed by atoms with Gasteiger partial charge in [-0.1, -0.05) is 13.3 Å². The fraction of sp³-hybridized carbons (Fsp3) is 0.882. The van der Waals surface area contributed by atoms with Crippen LogP contribution in [-0.2, 0) is 9.53 Å². The number of amides is 2. The van der Waals surface area contributed by atoms with Crippen LogP contribution >= 0.6 is 0 Å². The van der Waals surface area contributed by atoms with Crippen LogP contribution in [-0.4, -0.2) is 48.7 Å². The Hall–Kier alpha value is -1.30. The van der Waals surface area contributed by atoms with Crippen molar-refractivity contribution in [2.24, 2.45) is 11.7 Å². The van der Waals surface area contributed by atoms with Gasteiger partial charge in [-0.25, -0.2) is 4.79 Å². The molecule has 6 heteroatoms. The SMILES string of the molecule is CCCCC(C)(C)OC(=O)N[C@H]1CC[C@H](C(=O)N(C)C)C[C@H]1N. The first-order chi connectivity index (χ1) is 10.7. The molecule has 2 amide bonds. The molecule has 134 valence electrons. The molecule has 3 N–H and O–H groups in total. The van der Waals surface area contributed by atoms with E-state index in [0.29, 0.717) is 12.8 Å². The van der Waals surface area contributed by atoms with E-state index in [0.717, 1.165) is 25.7 Å². The number of carbonyl (C=O) groups excluding carboxylic acids is 2. The molecule has 0 unspecified atom stereocenters. The van der Waals surface area contributed by atoms with E-state index in [9.17, 15) is 9.59 Å². The van der Waals surface area contributed by atoms with E-state index >= 15 is 0 Å². The van der Waals surface area contributed by atoms with E-state index in [4.69, 9.17) is 10.5 Å². The molecule has 0 saturated heterocycles. The summed E-state index contributed by atoms with van der Waals surface area (Å²) >= 11 is 0. The normalized spacial score (nSPS) is 24.9. The summed E-state index contributed by atoms with van der Waals surface area (Å²) in [5.74, 6) is 0.0669. The number of nitrogens with zero attached hydrogens (tertiary/aromatic N) is 1. The average Bonchev–Trinajstić information content (AvgIpc) is 2.45. The monoisotopic (exact) mass is 327 g/mol. The standard InChI is InChI=1S/C17H33N3O3/c1-6-7-10-17(2,3)23-16(22)19-14-9-8-12(11-13(14)18)15(21)20(4)5/h12-14H,6-11,18H2,1-5H3,(H,19,22)/t12-,13+,14-/m0/s1. The van der Waals surface area contributed by atoms with Crippen molar-refractivity contribution in [1.82, 2.24) is 10.2 Å². The van der Waals surface area contributed by atoms with Gasteiger partial charge in [0.15, 0.2) is 0 Å². The van der Waals surface area contributed by atoms with Crippen molar-refractivity contribution in [2.75, 3.05) is 14.1 Å². The van der Waals surface area contributed by atoms with Crippen LogP contribution in [0.1, 0.15) is 59.3 Å². The van der Waals surface area contributed by atoms with Gasteiger partial charge in [-0.3, -0.25) is 4.79 Å². The van der Waals surface area contributed by atoms with Gasteiger partial charge in [0, 0.05) is 32.1 Å². The topological polar surface area (TPSA) is 84.7 Å². The second-order valence-electron chi connectivity index (χ2n) is 7.41. The molecule has 1 rings (SSSR count). The van der Waals surface area contributed by atoms with Crippen LogP contribution in [0.3, 0.4) is 0 Å². The van der Waals surface area contributed by atoms with Crippen molar-refractivity contribution >= 4 is 12.0 Å². The first-order valence-corrected chi connectivity index (χ1v) is 8.62. The quantitative estimate of drug-likeness (QED) is 0.784. The maximum Gasteiger partial charge on any atom is 0.407 e. The lowest BCUT2D eigenvalue weighted by Gasteiger charge is -2.35. The van der Waals surface area contributed by atoms with Gasteiger partial charge in [0.2, 0.25) is 5.91 Å². The molecule has 3 atom stereocenters. The highest BCUT2D eigenvalue weighted by molar-refractivity contribution is 5.78. The highest BCUT2D eigenvalue weighted by atomic mass is 16.6. The van der Waals surface area contributed by atoms with Crippen LogP contribution < -0.4 is 11.1 Å². The van der Waals surface area contributed by atoms with Crippen LogP contribution in [0.2, 0.25) is 0 Å². The number of carbonyl (C=O) groups is 2. The number of nitrogens with two attached hydrogens (primary N) is 1. The second-order valence-corrected chi connectivity index (χ2v) is 7.41. The van der Waals surface area contributed by atoms with E-state index in [1.54, 1.807) is 19.0 Å². The molecule has 0 heterocycles. The van der Waals surface area contributed by atoms with Gasteiger partial charge in [-0.05, 0) is 46.0 Å². The number of alkyl carbamates (subject to hydrolysis) is 1. The lowest BCUT2D eigenvalue weighted by molar-refractivity contribution is -0.134. The van der Waals surface area contributed by atoms with Crippen LogP contribution in [0.4, 0.5) is 4.79 Å². The highest BCUT2D eigenvalue weighted by Crippen LogP contribution is 2.25. The molecule has 0 aromatic carbocycles. The third-order valence-corrected chi connectivity index (χ3v) is 4.49. The summed E-state index contributed by atoms with van der Waals surface area (Å²) in [6.07, 6.45) is 4.57. The number of ether oxygens (including phenoxy) is 1. The predicted octanol–water partition coefficient (Wildman–Crippen LogP) is 2.27. The first kappa shape index (κ1) is 19.7. The van der Waals surface area contributed by atoms with Crippen molar-refractivity contribution in [3.05, 3.63) is 0 Å². The van der Waals surface area contributed by atoms with E-state index in [1.807, 2.05) is 13.8 Å². The molecule has 0 bridgehead atoms. The fourth-order valence-electron chi connectivity index (χ4n) is 3.06. The molecule has 1 fully saturated rings. The Balaban J connectivity index is 2.46. The highest BCUT2D eigenvalue weighted by Gasteiger charge is 2.34. The van der Waals surface area contributed by atoms with Crippen molar-refractivity contribution < 1.29 is 14.3 Å². The third-order valence-electron chi connectivity index (χ3n) is 4.49. The van der Waals surface area contributed by atoms with Crippen molar-refractivity contribution in [3.63, 3.8) is 0 Å². The summed E-state index contributed by atoms with van der Waals surface area (Å²) in [5.41, 5.74) is 5.69. The van der Waals surface area contributed by atoms with Gasteiger partial charge in [-0.2, -0.15) is 0 Å². The molecule has 0 aliphatic heterocycles. The Kier molecular flexibility index (Phi) is 7.32. The zero-order valence-corrected chi connectivity index (χ0v) is 15.2. The molecule has 23 heavy (non-hydrogen) atoms. The summed E-state index contributed by atoms with van der Waals surface area (Å²) in [7, 11) is 3.52. The van der Waals surface area contributed by atoms with Gasteiger partial charge < -0.3 is 20.7 Å². The summed E-state index contributed by atoms with van der Waals surface area (Å²) < 4.78 is 5.52. The number of rotatable bonds is 6. The van der Waals surface area contributed by atoms with Gasteiger partial charge in [0.25, 0.3) is 0 Å². The van der Waals surface area contributed by atoms with Gasteiger partial charge in [-0.15, -0.1) is 0 Å². The van der Waals surface area contributed by atoms with E-state index in [-0.39, 0.29) is 23.9 Å². The zero-order chi connectivity index (χ0) is 17.6. The van der Waals surface area contributed by atoms with Gasteiger partial charge >= 0.3 is 6.09 Å². The molecule has 1 aliphatic carbocycles. The Labute approximate surface area is 140 Å². The van der Waals surface area contributed by atoms with Crippen molar-refractivity contribution in [1.29, 1.82) is 0 Å². The lowest BCUT2D eigenvalue weighted by atomic mass is 9.82. The Bertz CT molecular complexity index is 410. The fourth-order valence-corrected chi connectivity index (χ4v) is 3.06. The molecular weight excluding hydrogens is 294 g/mol. The maximum absolute atomic E-state index is 12.1. The summed E-state index contributed by atoms with van der Waals surface area (Å²) in [6.45, 7) is 5.96. The molecule has 1 aliphatic rings. The van der Waals surface area contributed by atoms with E-state index in [1.165, 1.54) is 0 Å². The second kappa shape index (κ2) is 8.52. The number of hydrogen-bond acceptors (Lipinski definition) is 4. The van der Waals surface area contributed by atoms with Crippen LogP contribution in [0, 0.1) is 5.92 Å². The minimum absolute atomic E-state index is 0.0462. The number of nitrogens with one attached hydrogen (secondary N) is 1. The van der Waals surface area contributed by atoms with Gasteiger partial charge in [0.05, 0.1) is 0 Å². The maximum atomic E-state index is 12.1. The third kappa shape index (κ3) is 6.37. The summed E-state index contributed by atoms with van der Waals surface area (Å²) in [4.78, 5) is 25.7. The van der Waals surface area contributed by atoms with Crippen LogP contribution in [0.15, 0.2) is 0 Å². The van der Waals surface area contributed by atoms with Crippen LogP contribution in [0.25, 0.3) is 0 Å². The molecule has 0 spiro atoms. The smallest absolute Gasteiger partial charge is 0.407 e. The minimum Gasteiger partial charge on any atom is -0.444 e. The number of unbranched alkanes of at least 4 members (excludes halogenated alkanes) is 1. The molecular formula is C17H33N3O3. The van der Waals surface area contributed by atoms with Crippen molar-refractivity contribution in [3.8, 4) is 0 Å². The van der Waals surface area contributed by atoms with Gasteiger partial charge in [0.1, 0.15) is 5.60 Å². The summed E-state index contributed by atoms with van der Waals surface area (Å²) in [5, 5.41) is 2.88. The minimum atomic E-state index is -0.470. The molecule has 0 aromatic rings.